The Morgan fingerprint density at radius 3 is 2.57 bits per heavy atom. The molecule has 0 radical (unpaired) electrons. The number of para-hydroxylation sites is 1. The van der Waals surface area contributed by atoms with Gasteiger partial charge in [-0.25, -0.2) is 4.39 Å². The summed E-state index contributed by atoms with van der Waals surface area (Å²) in [5, 5.41) is 14.4. The smallest absolute Gasteiger partial charge is 0.198 e. The Labute approximate surface area is 161 Å². The second-order valence-electron chi connectivity index (χ2n) is 6.80. The molecule has 2 aromatic carbocycles. The molecule has 146 valence electrons. The average molecular weight is 382 g/mol. The van der Waals surface area contributed by atoms with E-state index in [0.29, 0.717) is 17.7 Å². The Bertz CT molecular complexity index is 1060. The molecule has 1 N–H and O–H groups in total. The number of aromatic nitrogens is 1. The number of carbonyl (C=O) groups excluding carboxylic acids is 1. The van der Waals surface area contributed by atoms with Gasteiger partial charge in [0, 0.05) is 23.8 Å². The van der Waals surface area contributed by atoms with Gasteiger partial charge in [-0.05, 0) is 51.3 Å². The Hall–Kier alpha value is -3.19. The molecule has 0 aliphatic rings. The Balaban J connectivity index is 2.13. The van der Waals surface area contributed by atoms with E-state index in [4.69, 9.17) is 0 Å². The van der Waals surface area contributed by atoms with Crippen LogP contribution in [0.25, 0.3) is 16.6 Å². The molecule has 0 saturated carbocycles. The highest BCUT2D eigenvalue weighted by molar-refractivity contribution is 5.93. The van der Waals surface area contributed by atoms with Crippen LogP contribution in [0.15, 0.2) is 53.5 Å². The quantitative estimate of drug-likeness (QED) is 0.631. The van der Waals surface area contributed by atoms with Crippen molar-refractivity contribution in [2.75, 3.05) is 32.5 Å². The number of anilines is 1. The van der Waals surface area contributed by atoms with E-state index in [1.165, 1.54) is 12.3 Å². The fraction of sp³-hybridized carbons (Fsp3) is 0.238. The van der Waals surface area contributed by atoms with Crippen LogP contribution in [0, 0.1) is 5.82 Å². The molecule has 1 aromatic heterocycles. The van der Waals surface area contributed by atoms with Crippen molar-refractivity contribution in [3.05, 3.63) is 70.3 Å². The predicted molar refractivity (Wildman–Crippen MR) is 105 cm³/mol. The lowest BCUT2D eigenvalue weighted by Crippen LogP contribution is -2.30. The maximum atomic E-state index is 14.6. The van der Waals surface area contributed by atoms with E-state index in [0.717, 1.165) is 19.0 Å². The minimum absolute atomic E-state index is 0.0121. The first-order valence-electron chi connectivity index (χ1n) is 8.93. The van der Waals surface area contributed by atoms with E-state index in [1.807, 2.05) is 25.1 Å². The Morgan fingerprint density at radius 1 is 1.21 bits per heavy atom. The van der Waals surface area contributed by atoms with Gasteiger partial charge in [-0.15, -0.1) is 0 Å². The molecule has 0 fully saturated rings. The number of pyridine rings is 1. The molecule has 0 aliphatic carbocycles. The van der Waals surface area contributed by atoms with E-state index < -0.39 is 22.8 Å². The predicted octanol–water partition coefficient (Wildman–Crippen LogP) is 1.86. The van der Waals surface area contributed by atoms with Crippen molar-refractivity contribution in [3.8, 4) is 5.69 Å². The van der Waals surface area contributed by atoms with Crippen LogP contribution in [0.5, 0.6) is 0 Å². The van der Waals surface area contributed by atoms with Crippen LogP contribution in [-0.2, 0) is 0 Å². The Morgan fingerprint density at radius 2 is 1.93 bits per heavy atom. The fourth-order valence-corrected chi connectivity index (χ4v) is 3.05. The molecule has 3 rings (SSSR count). The number of carboxylic acid groups (broad SMARTS) is 1. The number of fused-ring (bicyclic) bond motifs is 1. The lowest BCUT2D eigenvalue weighted by atomic mass is 10.1. The maximum Gasteiger partial charge on any atom is 0.198 e. The van der Waals surface area contributed by atoms with E-state index >= 15 is 0 Å². The first-order valence-corrected chi connectivity index (χ1v) is 8.93. The molecular weight excluding hydrogens is 361 g/mol. The van der Waals surface area contributed by atoms with E-state index in [1.54, 1.807) is 28.8 Å². The number of hydrogen-bond acceptors (Lipinski definition) is 5. The highest BCUT2D eigenvalue weighted by atomic mass is 19.1. The van der Waals surface area contributed by atoms with E-state index in [2.05, 4.69) is 5.32 Å². The van der Waals surface area contributed by atoms with Gasteiger partial charge in [0.1, 0.15) is 5.82 Å². The van der Waals surface area contributed by atoms with Crippen molar-refractivity contribution in [2.24, 2.45) is 0 Å². The SMILES string of the molecule is CN(C)CCCNc1cc2c(cc1F)c(=O)c(C(=O)[O-])cn2-c1ccccc1. The van der Waals surface area contributed by atoms with Crippen LogP contribution in [0.1, 0.15) is 16.8 Å². The van der Waals surface area contributed by atoms with Crippen LogP contribution in [0.4, 0.5) is 10.1 Å². The molecular formula is C21H21FN3O3-. The van der Waals surface area contributed by atoms with Gasteiger partial charge in [0.05, 0.1) is 22.7 Å². The molecule has 1 heterocycles. The molecule has 0 unspecified atom stereocenters. The minimum atomic E-state index is -1.59. The van der Waals surface area contributed by atoms with Crippen LogP contribution in [0.3, 0.4) is 0 Å². The van der Waals surface area contributed by atoms with Crippen molar-refractivity contribution in [3.63, 3.8) is 0 Å². The third kappa shape index (κ3) is 4.04. The number of rotatable bonds is 7. The maximum absolute atomic E-state index is 14.6. The van der Waals surface area contributed by atoms with Gasteiger partial charge >= 0.3 is 0 Å². The number of carboxylic acids is 1. The lowest BCUT2D eigenvalue weighted by Gasteiger charge is -2.16. The van der Waals surface area contributed by atoms with Crippen LogP contribution < -0.4 is 15.9 Å². The van der Waals surface area contributed by atoms with Gasteiger partial charge in [0.2, 0.25) is 0 Å². The first kappa shape index (κ1) is 19.6. The van der Waals surface area contributed by atoms with Gasteiger partial charge in [0.15, 0.2) is 5.43 Å². The molecule has 0 saturated heterocycles. The first-order chi connectivity index (χ1) is 13.4. The highest BCUT2D eigenvalue weighted by Crippen LogP contribution is 2.24. The minimum Gasteiger partial charge on any atom is -0.545 e. The standard InChI is InChI=1S/C21H22FN3O3/c1-24(2)10-6-9-23-18-12-19-15(11-17(18)22)20(26)16(21(27)28)13-25(19)14-7-4-3-5-8-14/h3-5,7-8,11-13,23H,6,9-10H2,1-2H3,(H,27,28)/p-1. The third-order valence-electron chi connectivity index (χ3n) is 4.44. The summed E-state index contributed by atoms with van der Waals surface area (Å²) in [6, 6.07) is 11.6. The summed E-state index contributed by atoms with van der Waals surface area (Å²) in [6.07, 6.45) is 2.04. The number of carbonyl (C=O) groups is 1. The van der Waals surface area contributed by atoms with Gasteiger partial charge in [-0.3, -0.25) is 4.79 Å². The van der Waals surface area contributed by atoms with Crippen molar-refractivity contribution >= 4 is 22.6 Å². The van der Waals surface area contributed by atoms with Crippen molar-refractivity contribution in [2.45, 2.75) is 6.42 Å². The second kappa shape index (κ2) is 8.22. The lowest BCUT2D eigenvalue weighted by molar-refractivity contribution is -0.255. The summed E-state index contributed by atoms with van der Waals surface area (Å²) in [7, 11) is 3.92. The Kier molecular flexibility index (Phi) is 5.75. The molecule has 0 atom stereocenters. The van der Waals surface area contributed by atoms with Crippen LogP contribution in [0.2, 0.25) is 0 Å². The normalized spacial score (nSPS) is 11.1. The van der Waals surface area contributed by atoms with Crippen molar-refractivity contribution in [1.29, 1.82) is 0 Å². The number of benzene rings is 2. The molecule has 7 heteroatoms. The number of aromatic carboxylic acids is 1. The van der Waals surface area contributed by atoms with Crippen molar-refractivity contribution in [1.82, 2.24) is 9.47 Å². The summed E-state index contributed by atoms with van der Waals surface area (Å²) in [4.78, 5) is 26.0. The summed E-state index contributed by atoms with van der Waals surface area (Å²) in [5.41, 5.74) is 0.0529. The van der Waals surface area contributed by atoms with Gasteiger partial charge in [-0.1, -0.05) is 18.2 Å². The van der Waals surface area contributed by atoms with Crippen molar-refractivity contribution < 1.29 is 14.3 Å². The van der Waals surface area contributed by atoms with E-state index in [9.17, 15) is 19.1 Å². The van der Waals surface area contributed by atoms with Crippen LogP contribution >= 0.6 is 0 Å². The summed E-state index contributed by atoms with van der Waals surface area (Å²) >= 11 is 0. The second-order valence-corrected chi connectivity index (χ2v) is 6.80. The average Bonchev–Trinajstić information content (AvgIpc) is 2.66. The van der Waals surface area contributed by atoms with E-state index in [-0.39, 0.29) is 11.1 Å². The van der Waals surface area contributed by atoms with Gasteiger partial charge in [-0.2, -0.15) is 0 Å². The monoisotopic (exact) mass is 382 g/mol. The largest absolute Gasteiger partial charge is 0.545 e. The highest BCUT2D eigenvalue weighted by Gasteiger charge is 2.14. The zero-order valence-corrected chi connectivity index (χ0v) is 15.7. The summed E-state index contributed by atoms with van der Waals surface area (Å²) in [6.45, 7) is 1.42. The van der Waals surface area contributed by atoms with Gasteiger partial charge in [0.25, 0.3) is 0 Å². The summed E-state index contributed by atoms with van der Waals surface area (Å²) < 4.78 is 16.1. The topological polar surface area (TPSA) is 77.4 Å². The van der Waals surface area contributed by atoms with Gasteiger partial charge < -0.3 is 24.7 Å². The number of nitrogens with one attached hydrogen (secondary N) is 1. The zero-order valence-electron chi connectivity index (χ0n) is 15.7. The molecule has 28 heavy (non-hydrogen) atoms. The molecule has 0 amide bonds. The fourth-order valence-electron chi connectivity index (χ4n) is 3.05. The summed E-state index contributed by atoms with van der Waals surface area (Å²) in [5.74, 6) is -2.20. The zero-order chi connectivity index (χ0) is 20.3. The number of nitrogens with zero attached hydrogens (tertiary/aromatic N) is 2. The third-order valence-corrected chi connectivity index (χ3v) is 4.44. The molecule has 0 bridgehead atoms. The molecule has 0 aliphatic heterocycles. The van der Waals surface area contributed by atoms with Crippen LogP contribution in [-0.4, -0.2) is 42.6 Å². The molecule has 0 spiro atoms. The molecule has 3 aromatic rings. The number of halogens is 1. The number of hydrogen-bond donors (Lipinski definition) is 1. The molecule has 6 nitrogen and oxygen atoms in total.